The molecule has 1 rings (SSSR count). The maximum Gasteiger partial charge on any atom is 0.0446 e. The molecule has 2 N–H and O–H groups in total. The SMILES string of the molecule is CCCNC(CCO)CSc1ccccc1. The molecule has 16 heavy (non-hydrogen) atoms. The maximum atomic E-state index is 8.98. The van der Waals surface area contributed by atoms with Gasteiger partial charge in [-0.1, -0.05) is 25.1 Å². The second-order valence-electron chi connectivity index (χ2n) is 3.79. The molecule has 0 saturated heterocycles. The van der Waals surface area contributed by atoms with Crippen molar-refractivity contribution >= 4 is 11.8 Å². The van der Waals surface area contributed by atoms with Crippen molar-refractivity contribution in [1.82, 2.24) is 5.32 Å². The standard InChI is InChI=1S/C13H21NOS/c1-2-9-14-12(8-10-15)11-16-13-6-4-3-5-7-13/h3-7,12,14-15H,2,8-11H2,1H3. The van der Waals surface area contributed by atoms with Gasteiger partial charge in [0.2, 0.25) is 0 Å². The number of hydrogen-bond donors (Lipinski definition) is 2. The zero-order valence-electron chi connectivity index (χ0n) is 9.86. The van der Waals surface area contributed by atoms with E-state index >= 15 is 0 Å². The lowest BCUT2D eigenvalue weighted by molar-refractivity contribution is 0.270. The highest BCUT2D eigenvalue weighted by Crippen LogP contribution is 2.18. The molecule has 1 aromatic carbocycles. The van der Waals surface area contributed by atoms with Crippen LogP contribution >= 0.6 is 11.8 Å². The van der Waals surface area contributed by atoms with Crippen LogP contribution in [0.5, 0.6) is 0 Å². The van der Waals surface area contributed by atoms with E-state index in [1.54, 1.807) is 0 Å². The predicted octanol–water partition coefficient (Wildman–Crippen LogP) is 2.53. The number of rotatable bonds is 8. The number of hydrogen-bond acceptors (Lipinski definition) is 3. The Morgan fingerprint density at radius 1 is 1.31 bits per heavy atom. The van der Waals surface area contributed by atoms with Crippen molar-refractivity contribution in [3.63, 3.8) is 0 Å². The summed E-state index contributed by atoms with van der Waals surface area (Å²) in [6.45, 7) is 3.45. The van der Waals surface area contributed by atoms with Gasteiger partial charge in [-0.3, -0.25) is 0 Å². The van der Waals surface area contributed by atoms with Gasteiger partial charge >= 0.3 is 0 Å². The highest BCUT2D eigenvalue weighted by molar-refractivity contribution is 7.99. The normalized spacial score (nSPS) is 12.6. The molecular weight excluding hydrogens is 218 g/mol. The van der Waals surface area contributed by atoms with Gasteiger partial charge in [0.25, 0.3) is 0 Å². The van der Waals surface area contributed by atoms with E-state index in [1.807, 2.05) is 17.8 Å². The topological polar surface area (TPSA) is 32.3 Å². The van der Waals surface area contributed by atoms with Crippen molar-refractivity contribution in [3.8, 4) is 0 Å². The van der Waals surface area contributed by atoms with Crippen LogP contribution in [0.25, 0.3) is 0 Å². The molecule has 0 aliphatic carbocycles. The molecular formula is C13H21NOS. The summed E-state index contributed by atoms with van der Waals surface area (Å²) >= 11 is 1.85. The van der Waals surface area contributed by atoms with E-state index in [4.69, 9.17) is 5.11 Å². The lowest BCUT2D eigenvalue weighted by Crippen LogP contribution is -2.32. The van der Waals surface area contributed by atoms with Gasteiger partial charge in [-0.05, 0) is 31.5 Å². The first-order chi connectivity index (χ1) is 7.86. The molecule has 1 aromatic rings. The Labute approximate surface area is 102 Å². The van der Waals surface area contributed by atoms with Crippen molar-refractivity contribution in [3.05, 3.63) is 30.3 Å². The molecule has 0 aliphatic rings. The average molecular weight is 239 g/mol. The van der Waals surface area contributed by atoms with E-state index in [0.717, 1.165) is 25.1 Å². The molecule has 90 valence electrons. The molecule has 1 unspecified atom stereocenters. The van der Waals surface area contributed by atoms with Crippen LogP contribution in [0.3, 0.4) is 0 Å². The molecule has 0 bridgehead atoms. The second-order valence-corrected chi connectivity index (χ2v) is 4.88. The van der Waals surface area contributed by atoms with Crippen LogP contribution in [0.2, 0.25) is 0 Å². The lowest BCUT2D eigenvalue weighted by Gasteiger charge is -2.16. The molecule has 0 aromatic heterocycles. The fourth-order valence-corrected chi connectivity index (χ4v) is 2.49. The van der Waals surface area contributed by atoms with Gasteiger partial charge < -0.3 is 10.4 Å². The Hall–Kier alpha value is -0.510. The van der Waals surface area contributed by atoms with Crippen molar-refractivity contribution in [2.24, 2.45) is 0 Å². The van der Waals surface area contributed by atoms with Gasteiger partial charge in [-0.15, -0.1) is 11.8 Å². The smallest absolute Gasteiger partial charge is 0.0446 e. The Kier molecular flexibility index (Phi) is 7.30. The van der Waals surface area contributed by atoms with E-state index in [2.05, 4.69) is 36.5 Å². The minimum absolute atomic E-state index is 0.261. The van der Waals surface area contributed by atoms with Crippen molar-refractivity contribution in [1.29, 1.82) is 0 Å². The fraction of sp³-hybridized carbons (Fsp3) is 0.538. The summed E-state index contributed by atoms with van der Waals surface area (Å²) in [4.78, 5) is 1.30. The van der Waals surface area contributed by atoms with Crippen LogP contribution in [-0.4, -0.2) is 30.1 Å². The van der Waals surface area contributed by atoms with Crippen molar-refractivity contribution in [2.75, 3.05) is 18.9 Å². The van der Waals surface area contributed by atoms with Crippen molar-refractivity contribution < 1.29 is 5.11 Å². The summed E-state index contributed by atoms with van der Waals surface area (Å²) in [6, 6.07) is 10.8. The molecule has 0 aliphatic heterocycles. The third-order valence-electron chi connectivity index (χ3n) is 2.35. The summed E-state index contributed by atoms with van der Waals surface area (Å²) < 4.78 is 0. The van der Waals surface area contributed by atoms with Gasteiger partial charge in [0.05, 0.1) is 0 Å². The summed E-state index contributed by atoms with van der Waals surface area (Å²) in [7, 11) is 0. The van der Waals surface area contributed by atoms with Crippen LogP contribution in [-0.2, 0) is 0 Å². The molecule has 0 saturated carbocycles. The van der Waals surface area contributed by atoms with Crippen LogP contribution in [0.4, 0.5) is 0 Å². The third-order valence-corrected chi connectivity index (χ3v) is 3.53. The second kappa shape index (κ2) is 8.62. The summed E-state index contributed by atoms with van der Waals surface area (Å²) in [6.07, 6.45) is 1.97. The average Bonchev–Trinajstić information content (AvgIpc) is 2.34. The number of aliphatic hydroxyl groups excluding tert-OH is 1. The first-order valence-corrected chi connectivity index (χ1v) is 6.87. The molecule has 0 spiro atoms. The first kappa shape index (κ1) is 13.6. The lowest BCUT2D eigenvalue weighted by atomic mass is 10.2. The molecule has 0 fully saturated rings. The molecule has 3 heteroatoms. The molecule has 0 amide bonds. The van der Waals surface area contributed by atoms with E-state index in [-0.39, 0.29) is 6.61 Å². The monoisotopic (exact) mass is 239 g/mol. The molecule has 0 radical (unpaired) electrons. The van der Waals surface area contributed by atoms with Gasteiger partial charge in [0, 0.05) is 23.3 Å². The van der Waals surface area contributed by atoms with Crippen LogP contribution in [0.15, 0.2) is 35.2 Å². The zero-order valence-corrected chi connectivity index (χ0v) is 10.7. The Morgan fingerprint density at radius 2 is 2.06 bits per heavy atom. The molecule has 2 nitrogen and oxygen atoms in total. The van der Waals surface area contributed by atoms with E-state index in [1.165, 1.54) is 4.90 Å². The van der Waals surface area contributed by atoms with E-state index < -0.39 is 0 Å². The van der Waals surface area contributed by atoms with Gasteiger partial charge in [0.15, 0.2) is 0 Å². The Balaban J connectivity index is 2.31. The van der Waals surface area contributed by atoms with Gasteiger partial charge in [-0.2, -0.15) is 0 Å². The Morgan fingerprint density at radius 3 is 2.69 bits per heavy atom. The third kappa shape index (κ3) is 5.54. The highest BCUT2D eigenvalue weighted by Gasteiger charge is 2.07. The van der Waals surface area contributed by atoms with Gasteiger partial charge in [-0.25, -0.2) is 0 Å². The number of thioether (sulfide) groups is 1. The number of nitrogens with one attached hydrogen (secondary N) is 1. The van der Waals surface area contributed by atoms with Crippen LogP contribution < -0.4 is 5.32 Å². The van der Waals surface area contributed by atoms with Gasteiger partial charge in [0.1, 0.15) is 0 Å². The summed E-state index contributed by atoms with van der Waals surface area (Å²) in [5.41, 5.74) is 0. The molecule has 1 atom stereocenters. The number of benzene rings is 1. The minimum atomic E-state index is 0.261. The Bertz CT molecular complexity index is 266. The fourth-order valence-electron chi connectivity index (χ4n) is 1.46. The maximum absolute atomic E-state index is 8.98. The first-order valence-electron chi connectivity index (χ1n) is 5.89. The highest BCUT2D eigenvalue weighted by atomic mass is 32.2. The predicted molar refractivity (Wildman–Crippen MR) is 71.0 cm³/mol. The summed E-state index contributed by atoms with van der Waals surface area (Å²) in [5.74, 6) is 1.02. The summed E-state index contributed by atoms with van der Waals surface area (Å²) in [5, 5.41) is 12.4. The van der Waals surface area contributed by atoms with Crippen molar-refractivity contribution in [2.45, 2.75) is 30.7 Å². The quantitative estimate of drug-likeness (QED) is 0.684. The molecule has 0 heterocycles. The van der Waals surface area contributed by atoms with E-state index in [0.29, 0.717) is 6.04 Å². The minimum Gasteiger partial charge on any atom is -0.396 e. The van der Waals surface area contributed by atoms with E-state index in [9.17, 15) is 0 Å². The van der Waals surface area contributed by atoms with Crippen LogP contribution in [0.1, 0.15) is 19.8 Å². The number of aliphatic hydroxyl groups is 1. The zero-order chi connectivity index (χ0) is 11.6. The largest absolute Gasteiger partial charge is 0.396 e. The van der Waals surface area contributed by atoms with Crippen LogP contribution in [0, 0.1) is 0 Å².